The molecule has 114 valence electrons. The minimum absolute atomic E-state index is 0.00426. The van der Waals surface area contributed by atoms with E-state index in [0.717, 1.165) is 17.0 Å². The summed E-state index contributed by atoms with van der Waals surface area (Å²) in [5, 5.41) is 3.41. The maximum atomic E-state index is 13.0. The number of para-hydroxylation sites is 1. The molecule has 1 N–H and O–H groups in total. The molecule has 1 aliphatic heterocycles. The average Bonchev–Trinajstić information content (AvgIpc) is 3.13. The van der Waals surface area contributed by atoms with Crippen LogP contribution in [0.4, 0.5) is 5.69 Å². The summed E-state index contributed by atoms with van der Waals surface area (Å²) in [6.45, 7) is 0.520. The van der Waals surface area contributed by atoms with Crippen LogP contribution < -0.4 is 5.32 Å². The molecule has 0 aliphatic carbocycles. The molecule has 0 fully saturated rings. The van der Waals surface area contributed by atoms with Crippen LogP contribution in [-0.4, -0.2) is 10.8 Å². The van der Waals surface area contributed by atoms with Gasteiger partial charge in [0.05, 0.1) is 11.8 Å². The molecule has 0 spiro atoms. The van der Waals surface area contributed by atoms with E-state index >= 15 is 0 Å². The molecule has 2 heterocycles. The largest absolute Gasteiger partial charge is 0.465 e. The van der Waals surface area contributed by atoms with Crippen molar-refractivity contribution in [2.45, 2.75) is 12.7 Å². The predicted molar refractivity (Wildman–Crippen MR) is 87.8 cm³/mol. The minimum Gasteiger partial charge on any atom is -0.465 e. The summed E-state index contributed by atoms with van der Waals surface area (Å²) in [6, 6.07) is 21.3. The Labute approximate surface area is 134 Å². The molecule has 4 heteroatoms. The van der Waals surface area contributed by atoms with Gasteiger partial charge in [0.25, 0.3) is 5.91 Å². The molecule has 1 atom stereocenters. The summed E-state index contributed by atoms with van der Waals surface area (Å²) >= 11 is 0. The van der Waals surface area contributed by atoms with E-state index in [1.54, 1.807) is 11.2 Å². The summed E-state index contributed by atoms with van der Waals surface area (Å²) in [4.78, 5) is 14.8. The standard InChI is InChI=1S/C19H16N2O2/c22-19-15-9-4-5-10-16(15)20-18(17-11-6-12-23-17)21(19)13-14-7-2-1-3-8-14/h1-12,18,20H,13H2/t18-/m1/s1. The second kappa shape index (κ2) is 5.65. The van der Waals surface area contributed by atoms with Gasteiger partial charge in [-0.2, -0.15) is 0 Å². The summed E-state index contributed by atoms with van der Waals surface area (Å²) in [6.07, 6.45) is 1.32. The zero-order valence-electron chi connectivity index (χ0n) is 12.5. The fourth-order valence-electron chi connectivity index (χ4n) is 2.91. The molecule has 4 rings (SSSR count). The fourth-order valence-corrected chi connectivity index (χ4v) is 2.91. The van der Waals surface area contributed by atoms with Crippen LogP contribution in [0.2, 0.25) is 0 Å². The van der Waals surface area contributed by atoms with Gasteiger partial charge in [-0.3, -0.25) is 4.79 Å². The first-order valence-corrected chi connectivity index (χ1v) is 7.57. The maximum Gasteiger partial charge on any atom is 0.258 e. The SMILES string of the molecule is O=C1c2ccccc2N[C@@H](c2ccco2)N1Cc1ccccc1. The van der Waals surface area contributed by atoms with Crippen molar-refractivity contribution in [2.24, 2.45) is 0 Å². The molecule has 3 aromatic rings. The number of nitrogens with zero attached hydrogens (tertiary/aromatic N) is 1. The third-order valence-electron chi connectivity index (χ3n) is 4.03. The normalized spacial score (nSPS) is 16.8. The van der Waals surface area contributed by atoms with Crippen LogP contribution in [0, 0.1) is 0 Å². The molecule has 23 heavy (non-hydrogen) atoms. The first-order valence-electron chi connectivity index (χ1n) is 7.57. The Hall–Kier alpha value is -3.01. The zero-order chi connectivity index (χ0) is 15.6. The number of nitrogens with one attached hydrogen (secondary N) is 1. The highest BCUT2D eigenvalue weighted by molar-refractivity contribution is 6.01. The molecule has 1 aliphatic rings. The molecule has 4 nitrogen and oxygen atoms in total. The van der Waals surface area contributed by atoms with Crippen molar-refractivity contribution in [2.75, 3.05) is 5.32 Å². The van der Waals surface area contributed by atoms with Gasteiger partial charge in [0, 0.05) is 12.2 Å². The van der Waals surface area contributed by atoms with Crippen molar-refractivity contribution in [3.05, 3.63) is 89.9 Å². The van der Waals surface area contributed by atoms with Crippen LogP contribution in [0.25, 0.3) is 0 Å². The number of rotatable bonds is 3. The van der Waals surface area contributed by atoms with E-state index in [9.17, 15) is 4.79 Å². The highest BCUT2D eigenvalue weighted by Gasteiger charge is 2.34. The monoisotopic (exact) mass is 304 g/mol. The number of hydrogen-bond acceptors (Lipinski definition) is 3. The van der Waals surface area contributed by atoms with Crippen molar-refractivity contribution in [3.8, 4) is 0 Å². The lowest BCUT2D eigenvalue weighted by atomic mass is 10.1. The smallest absolute Gasteiger partial charge is 0.258 e. The summed E-state index contributed by atoms with van der Waals surface area (Å²) in [7, 11) is 0. The van der Waals surface area contributed by atoms with E-state index in [0.29, 0.717) is 12.1 Å². The van der Waals surface area contributed by atoms with Gasteiger partial charge < -0.3 is 14.6 Å². The quantitative estimate of drug-likeness (QED) is 0.794. The van der Waals surface area contributed by atoms with Crippen LogP contribution in [0.1, 0.15) is 27.8 Å². The molecule has 0 saturated carbocycles. The molecular weight excluding hydrogens is 288 g/mol. The summed E-state index contributed by atoms with van der Waals surface area (Å²) in [5.74, 6) is 0.730. The van der Waals surface area contributed by atoms with E-state index in [2.05, 4.69) is 5.32 Å². The Balaban J connectivity index is 1.75. The van der Waals surface area contributed by atoms with Crippen LogP contribution >= 0.6 is 0 Å². The summed E-state index contributed by atoms with van der Waals surface area (Å²) < 4.78 is 5.55. The predicted octanol–water partition coefficient (Wildman–Crippen LogP) is 4.05. The topological polar surface area (TPSA) is 45.5 Å². The number of carbonyl (C=O) groups excluding carboxylic acids is 1. The Morgan fingerprint density at radius 1 is 0.957 bits per heavy atom. The van der Waals surface area contributed by atoms with Crippen LogP contribution in [0.15, 0.2) is 77.4 Å². The van der Waals surface area contributed by atoms with Gasteiger partial charge >= 0.3 is 0 Å². The van der Waals surface area contributed by atoms with Gasteiger partial charge in [-0.05, 0) is 29.8 Å². The lowest BCUT2D eigenvalue weighted by molar-refractivity contribution is 0.0645. The number of amides is 1. The van der Waals surface area contributed by atoms with E-state index in [1.165, 1.54) is 0 Å². The fraction of sp³-hybridized carbons (Fsp3) is 0.105. The lowest BCUT2D eigenvalue weighted by Gasteiger charge is -2.36. The number of hydrogen-bond donors (Lipinski definition) is 1. The van der Waals surface area contributed by atoms with E-state index in [1.807, 2.05) is 66.7 Å². The van der Waals surface area contributed by atoms with Crippen molar-refractivity contribution < 1.29 is 9.21 Å². The number of fused-ring (bicyclic) bond motifs is 1. The molecule has 1 amide bonds. The number of furan rings is 1. The van der Waals surface area contributed by atoms with Crippen LogP contribution in [0.3, 0.4) is 0 Å². The second-order valence-electron chi connectivity index (χ2n) is 5.53. The Morgan fingerprint density at radius 2 is 1.74 bits per heavy atom. The average molecular weight is 304 g/mol. The van der Waals surface area contributed by atoms with Crippen molar-refractivity contribution in [3.63, 3.8) is 0 Å². The molecule has 2 aromatic carbocycles. The summed E-state index contributed by atoms with van der Waals surface area (Å²) in [5.41, 5.74) is 2.60. The Bertz CT molecular complexity index is 812. The third kappa shape index (κ3) is 2.48. The molecule has 0 saturated heterocycles. The first kappa shape index (κ1) is 13.6. The van der Waals surface area contributed by atoms with Gasteiger partial charge in [-0.25, -0.2) is 0 Å². The Morgan fingerprint density at radius 3 is 2.52 bits per heavy atom. The van der Waals surface area contributed by atoms with Gasteiger partial charge in [0.15, 0.2) is 6.17 Å². The number of carbonyl (C=O) groups is 1. The second-order valence-corrected chi connectivity index (χ2v) is 5.53. The van der Waals surface area contributed by atoms with E-state index < -0.39 is 0 Å². The highest BCUT2D eigenvalue weighted by atomic mass is 16.3. The third-order valence-corrected chi connectivity index (χ3v) is 4.03. The minimum atomic E-state index is -0.312. The van der Waals surface area contributed by atoms with Crippen LogP contribution in [0.5, 0.6) is 0 Å². The van der Waals surface area contributed by atoms with Crippen LogP contribution in [-0.2, 0) is 6.54 Å². The molecule has 0 bridgehead atoms. The zero-order valence-corrected chi connectivity index (χ0v) is 12.5. The Kier molecular flexibility index (Phi) is 3.35. The maximum absolute atomic E-state index is 13.0. The van der Waals surface area contributed by atoms with Gasteiger partial charge in [-0.1, -0.05) is 42.5 Å². The van der Waals surface area contributed by atoms with E-state index in [4.69, 9.17) is 4.42 Å². The van der Waals surface area contributed by atoms with E-state index in [-0.39, 0.29) is 12.1 Å². The van der Waals surface area contributed by atoms with Gasteiger partial charge in [0.2, 0.25) is 0 Å². The number of anilines is 1. The molecule has 1 aromatic heterocycles. The van der Waals surface area contributed by atoms with Crippen molar-refractivity contribution in [1.29, 1.82) is 0 Å². The van der Waals surface area contributed by atoms with Crippen molar-refractivity contribution >= 4 is 11.6 Å². The number of benzene rings is 2. The molecular formula is C19H16N2O2. The van der Waals surface area contributed by atoms with Gasteiger partial charge in [0.1, 0.15) is 5.76 Å². The molecule has 0 unspecified atom stereocenters. The highest BCUT2D eigenvalue weighted by Crippen LogP contribution is 2.34. The molecule has 0 radical (unpaired) electrons. The lowest BCUT2D eigenvalue weighted by Crippen LogP contribution is -2.42. The first-order chi connectivity index (χ1) is 11.3. The van der Waals surface area contributed by atoms with Gasteiger partial charge in [-0.15, -0.1) is 0 Å². The van der Waals surface area contributed by atoms with Crippen molar-refractivity contribution in [1.82, 2.24) is 4.90 Å².